The lowest BCUT2D eigenvalue weighted by Gasteiger charge is -2.36. The first kappa shape index (κ1) is 23.1. The molecule has 0 spiro atoms. The molecule has 0 bridgehead atoms. The van der Waals surface area contributed by atoms with Crippen molar-refractivity contribution >= 4 is 34.9 Å². The number of hydrogen-bond acceptors (Lipinski definition) is 6. The van der Waals surface area contributed by atoms with Gasteiger partial charge in [0.2, 0.25) is 0 Å². The summed E-state index contributed by atoms with van der Waals surface area (Å²) in [6.07, 6.45) is 0. The molecule has 0 radical (unpaired) electrons. The van der Waals surface area contributed by atoms with E-state index in [0.717, 1.165) is 0 Å². The van der Waals surface area contributed by atoms with Crippen molar-refractivity contribution in [1.82, 2.24) is 10.2 Å². The third-order valence-electron chi connectivity index (χ3n) is 5.33. The number of thiocarbonyl (C=S) groups is 1. The predicted molar refractivity (Wildman–Crippen MR) is 125 cm³/mol. The van der Waals surface area contributed by atoms with Crippen molar-refractivity contribution in [2.45, 2.75) is 13.0 Å². The lowest BCUT2D eigenvalue weighted by molar-refractivity contribution is -0.113. The van der Waals surface area contributed by atoms with E-state index in [2.05, 4.69) is 10.6 Å². The molecule has 3 rings (SSSR count). The Morgan fingerprint density at radius 2 is 1.81 bits per heavy atom. The minimum Gasteiger partial charge on any atom is -0.497 e. The molecular formula is C23H25N3O5S. The summed E-state index contributed by atoms with van der Waals surface area (Å²) in [4.78, 5) is 27.6. The van der Waals surface area contributed by atoms with Gasteiger partial charge in [-0.25, -0.2) is 4.79 Å². The van der Waals surface area contributed by atoms with Gasteiger partial charge in [0.25, 0.3) is 5.91 Å². The lowest BCUT2D eigenvalue weighted by Crippen LogP contribution is -2.47. The number of rotatable bonds is 6. The van der Waals surface area contributed by atoms with Crippen molar-refractivity contribution in [2.24, 2.45) is 0 Å². The normalized spacial score (nSPS) is 15.7. The average Bonchev–Trinajstić information content (AvgIpc) is 2.81. The van der Waals surface area contributed by atoms with Gasteiger partial charge in [0.1, 0.15) is 11.5 Å². The van der Waals surface area contributed by atoms with E-state index in [0.29, 0.717) is 44.7 Å². The SMILES string of the molecule is COC(=O)c1ccccc1C1NC(=S)N(C)C(C)=C1C(=O)Nc1cc(OC)ccc1OC. The zero-order valence-electron chi connectivity index (χ0n) is 18.5. The number of anilines is 1. The minimum atomic E-state index is -0.661. The molecule has 0 aliphatic carbocycles. The fourth-order valence-corrected chi connectivity index (χ4v) is 3.76. The van der Waals surface area contributed by atoms with E-state index >= 15 is 0 Å². The molecule has 1 atom stereocenters. The number of nitrogens with one attached hydrogen (secondary N) is 2. The molecule has 2 aromatic carbocycles. The second-order valence-electron chi connectivity index (χ2n) is 7.04. The Morgan fingerprint density at radius 1 is 1.09 bits per heavy atom. The quantitative estimate of drug-likeness (QED) is 0.507. The van der Waals surface area contributed by atoms with Crippen LogP contribution in [0.4, 0.5) is 5.69 Å². The fourth-order valence-electron chi connectivity index (χ4n) is 3.51. The molecule has 168 valence electrons. The van der Waals surface area contributed by atoms with Crippen LogP contribution < -0.4 is 20.1 Å². The molecule has 1 aliphatic rings. The third-order valence-corrected chi connectivity index (χ3v) is 5.72. The van der Waals surface area contributed by atoms with E-state index in [9.17, 15) is 9.59 Å². The van der Waals surface area contributed by atoms with E-state index in [1.165, 1.54) is 14.2 Å². The number of carbonyl (C=O) groups is 2. The van der Waals surface area contributed by atoms with Gasteiger partial charge >= 0.3 is 5.97 Å². The van der Waals surface area contributed by atoms with Crippen LogP contribution in [0.15, 0.2) is 53.7 Å². The van der Waals surface area contributed by atoms with Crippen LogP contribution in [0.5, 0.6) is 11.5 Å². The minimum absolute atomic E-state index is 0.344. The first-order valence-electron chi connectivity index (χ1n) is 9.78. The van der Waals surface area contributed by atoms with Gasteiger partial charge < -0.3 is 29.7 Å². The van der Waals surface area contributed by atoms with Gasteiger partial charge in [-0.3, -0.25) is 4.79 Å². The van der Waals surface area contributed by atoms with Crippen LogP contribution in [0, 0.1) is 0 Å². The van der Waals surface area contributed by atoms with Gasteiger partial charge in [-0.15, -0.1) is 0 Å². The average molecular weight is 456 g/mol. The summed E-state index contributed by atoms with van der Waals surface area (Å²) in [5, 5.41) is 6.51. The molecule has 2 N–H and O–H groups in total. The Hall–Kier alpha value is -3.59. The summed E-state index contributed by atoms with van der Waals surface area (Å²) in [6.45, 7) is 1.80. The second kappa shape index (κ2) is 9.69. The van der Waals surface area contributed by atoms with Crippen LogP contribution in [0.25, 0.3) is 0 Å². The van der Waals surface area contributed by atoms with Crippen molar-refractivity contribution in [3.05, 3.63) is 64.9 Å². The molecule has 32 heavy (non-hydrogen) atoms. The molecule has 1 unspecified atom stereocenters. The van der Waals surface area contributed by atoms with E-state index in [-0.39, 0.29) is 5.91 Å². The molecule has 0 fully saturated rings. The van der Waals surface area contributed by atoms with Crippen LogP contribution >= 0.6 is 12.2 Å². The van der Waals surface area contributed by atoms with Crippen LogP contribution in [0.3, 0.4) is 0 Å². The first-order chi connectivity index (χ1) is 15.3. The zero-order chi connectivity index (χ0) is 23.4. The van der Waals surface area contributed by atoms with Gasteiger partial charge in [0.15, 0.2) is 5.11 Å². The van der Waals surface area contributed by atoms with Crippen molar-refractivity contribution in [3.63, 3.8) is 0 Å². The standard InChI is InChI=1S/C23H25N3O5S/c1-13-19(21(27)24-17-12-14(29-3)10-11-18(17)30-4)20(25-23(32)26(13)2)15-8-6-7-9-16(15)22(28)31-5/h6-12,20H,1-5H3,(H,24,27)(H,25,32). The molecule has 0 aromatic heterocycles. The Bertz CT molecular complexity index is 1100. The Balaban J connectivity index is 2.09. The maximum Gasteiger partial charge on any atom is 0.338 e. The Labute approximate surface area is 192 Å². The van der Waals surface area contributed by atoms with Gasteiger partial charge in [0, 0.05) is 18.8 Å². The number of allylic oxidation sites excluding steroid dienone is 1. The highest BCUT2D eigenvalue weighted by atomic mass is 32.1. The maximum atomic E-state index is 13.5. The largest absolute Gasteiger partial charge is 0.497 e. The maximum absolute atomic E-state index is 13.5. The number of amides is 1. The molecule has 1 amide bonds. The number of ether oxygens (including phenoxy) is 3. The highest BCUT2D eigenvalue weighted by Gasteiger charge is 2.35. The monoisotopic (exact) mass is 455 g/mol. The number of methoxy groups -OCH3 is 3. The highest BCUT2D eigenvalue weighted by molar-refractivity contribution is 7.80. The number of carbonyl (C=O) groups excluding carboxylic acids is 2. The third kappa shape index (κ3) is 4.38. The number of hydrogen-bond donors (Lipinski definition) is 2. The van der Waals surface area contributed by atoms with Crippen molar-refractivity contribution in [3.8, 4) is 11.5 Å². The Kier molecular flexibility index (Phi) is 6.99. The molecule has 9 heteroatoms. The van der Waals surface area contributed by atoms with E-state index in [1.807, 2.05) is 0 Å². The van der Waals surface area contributed by atoms with E-state index in [1.54, 1.807) is 68.4 Å². The highest BCUT2D eigenvalue weighted by Crippen LogP contribution is 2.35. The topological polar surface area (TPSA) is 89.1 Å². The van der Waals surface area contributed by atoms with Crippen molar-refractivity contribution < 1.29 is 23.8 Å². The van der Waals surface area contributed by atoms with Crippen LogP contribution in [-0.4, -0.2) is 50.3 Å². The summed E-state index contributed by atoms with van der Waals surface area (Å²) in [5.41, 5.74) is 2.43. The summed E-state index contributed by atoms with van der Waals surface area (Å²) in [6, 6.07) is 11.4. The Morgan fingerprint density at radius 3 is 2.47 bits per heavy atom. The fraction of sp³-hybridized carbons (Fsp3) is 0.261. The van der Waals surface area contributed by atoms with Gasteiger partial charge in [-0.05, 0) is 42.9 Å². The smallest absolute Gasteiger partial charge is 0.338 e. The second-order valence-corrected chi connectivity index (χ2v) is 7.43. The molecule has 0 saturated heterocycles. The molecule has 0 saturated carbocycles. The van der Waals surface area contributed by atoms with Crippen molar-refractivity contribution in [1.29, 1.82) is 0 Å². The zero-order valence-corrected chi connectivity index (χ0v) is 19.3. The summed E-state index contributed by atoms with van der Waals surface area (Å²) < 4.78 is 15.6. The van der Waals surface area contributed by atoms with E-state index < -0.39 is 12.0 Å². The molecule has 1 heterocycles. The van der Waals surface area contributed by atoms with Gasteiger partial charge in [-0.2, -0.15) is 0 Å². The number of esters is 1. The summed E-state index contributed by atoms with van der Waals surface area (Å²) in [5.74, 6) is 0.177. The predicted octanol–water partition coefficient (Wildman–Crippen LogP) is 3.26. The van der Waals surface area contributed by atoms with Crippen LogP contribution in [-0.2, 0) is 9.53 Å². The number of nitrogens with zero attached hydrogens (tertiary/aromatic N) is 1. The molecule has 8 nitrogen and oxygen atoms in total. The lowest BCUT2D eigenvalue weighted by atomic mass is 9.91. The molecule has 2 aromatic rings. The number of benzene rings is 2. The molecule has 1 aliphatic heterocycles. The summed E-state index contributed by atoms with van der Waals surface area (Å²) in [7, 11) is 6.15. The van der Waals surface area contributed by atoms with Crippen molar-refractivity contribution in [2.75, 3.05) is 33.7 Å². The van der Waals surface area contributed by atoms with Crippen LogP contribution in [0.1, 0.15) is 28.9 Å². The first-order valence-corrected chi connectivity index (χ1v) is 10.2. The van der Waals surface area contributed by atoms with Crippen LogP contribution in [0.2, 0.25) is 0 Å². The summed E-state index contributed by atoms with van der Waals surface area (Å²) >= 11 is 5.46. The van der Waals surface area contributed by atoms with Gasteiger partial charge in [-0.1, -0.05) is 18.2 Å². The van der Waals surface area contributed by atoms with Gasteiger partial charge in [0.05, 0.1) is 44.2 Å². The van der Waals surface area contributed by atoms with E-state index in [4.69, 9.17) is 26.4 Å². The molecular weight excluding hydrogens is 430 g/mol.